The van der Waals surface area contributed by atoms with E-state index in [1.165, 1.54) is 0 Å². The maximum Gasteiger partial charge on any atom is 0.135 e. The van der Waals surface area contributed by atoms with Gasteiger partial charge in [-0.15, -0.1) is 0 Å². The molecule has 0 spiro atoms. The molecule has 3 nitrogen and oxygen atoms in total. The van der Waals surface area contributed by atoms with Crippen molar-refractivity contribution in [3.8, 4) is 22.6 Å². The number of hydrogen-bond donors (Lipinski definition) is 1. The zero-order chi connectivity index (χ0) is 14.5. The molecular weight excluding hydrogens is 260 g/mol. The summed E-state index contributed by atoms with van der Waals surface area (Å²) in [5.41, 5.74) is 8.61. The lowest BCUT2D eigenvalue weighted by atomic mass is 10.1. The highest BCUT2D eigenvalue weighted by Gasteiger charge is 2.07. The van der Waals surface area contributed by atoms with Crippen LogP contribution < -0.4 is 10.5 Å². The molecule has 0 aliphatic heterocycles. The smallest absolute Gasteiger partial charge is 0.135 e. The Bertz CT molecular complexity index is 726. The highest BCUT2D eigenvalue weighted by molar-refractivity contribution is 5.70. The van der Waals surface area contributed by atoms with Crippen LogP contribution in [-0.2, 0) is 6.54 Å². The third-order valence-electron chi connectivity index (χ3n) is 3.20. The van der Waals surface area contributed by atoms with Crippen molar-refractivity contribution in [2.75, 3.05) is 0 Å². The molecule has 0 unspecified atom stereocenters. The van der Waals surface area contributed by atoms with Crippen LogP contribution in [0.1, 0.15) is 5.69 Å². The first-order chi connectivity index (χ1) is 10.4. The molecule has 0 bridgehead atoms. The number of para-hydroxylation sites is 1. The van der Waals surface area contributed by atoms with Gasteiger partial charge in [-0.1, -0.05) is 48.5 Å². The van der Waals surface area contributed by atoms with Gasteiger partial charge in [-0.2, -0.15) is 0 Å². The molecule has 21 heavy (non-hydrogen) atoms. The molecule has 0 saturated heterocycles. The second-order valence-corrected chi connectivity index (χ2v) is 4.65. The van der Waals surface area contributed by atoms with Gasteiger partial charge in [0.1, 0.15) is 11.5 Å². The normalized spacial score (nSPS) is 10.3. The highest BCUT2D eigenvalue weighted by Crippen LogP contribution is 2.32. The topological polar surface area (TPSA) is 48.1 Å². The number of aromatic nitrogens is 1. The van der Waals surface area contributed by atoms with Gasteiger partial charge in [0.15, 0.2) is 0 Å². The molecule has 0 aliphatic carbocycles. The Kier molecular flexibility index (Phi) is 3.94. The van der Waals surface area contributed by atoms with E-state index in [-0.39, 0.29) is 0 Å². The summed E-state index contributed by atoms with van der Waals surface area (Å²) in [6.45, 7) is 0.400. The molecule has 0 fully saturated rings. The van der Waals surface area contributed by atoms with Gasteiger partial charge in [0.05, 0.1) is 5.69 Å². The Morgan fingerprint density at radius 2 is 1.67 bits per heavy atom. The first-order valence-electron chi connectivity index (χ1n) is 6.84. The van der Waals surface area contributed by atoms with E-state index in [0.29, 0.717) is 6.54 Å². The predicted octanol–water partition coefficient (Wildman–Crippen LogP) is 4.00. The molecular formula is C18H16N2O. The summed E-state index contributed by atoms with van der Waals surface area (Å²) in [6, 6.07) is 21.9. The number of nitrogens with two attached hydrogens (primary N) is 1. The summed E-state index contributed by atoms with van der Waals surface area (Å²) >= 11 is 0. The van der Waals surface area contributed by atoms with Gasteiger partial charge in [0, 0.05) is 24.4 Å². The number of benzene rings is 2. The molecule has 1 aromatic heterocycles. The molecule has 1 heterocycles. The molecule has 0 saturated carbocycles. The van der Waals surface area contributed by atoms with E-state index in [4.69, 9.17) is 10.5 Å². The van der Waals surface area contributed by atoms with Gasteiger partial charge in [-0.25, -0.2) is 0 Å². The fourth-order valence-electron chi connectivity index (χ4n) is 2.17. The van der Waals surface area contributed by atoms with Crippen molar-refractivity contribution in [3.05, 3.63) is 78.6 Å². The van der Waals surface area contributed by atoms with Crippen LogP contribution in [0.5, 0.6) is 11.5 Å². The molecule has 0 atom stereocenters. The minimum absolute atomic E-state index is 0.400. The van der Waals surface area contributed by atoms with Gasteiger partial charge >= 0.3 is 0 Å². The average Bonchev–Trinajstić information content (AvgIpc) is 2.56. The van der Waals surface area contributed by atoms with Gasteiger partial charge in [-0.3, -0.25) is 4.98 Å². The lowest BCUT2D eigenvalue weighted by Crippen LogP contribution is -1.99. The Hall–Kier alpha value is -2.65. The fraction of sp³-hybridized carbons (Fsp3) is 0.0556. The van der Waals surface area contributed by atoms with E-state index in [9.17, 15) is 0 Å². The molecule has 2 N–H and O–H groups in total. The van der Waals surface area contributed by atoms with E-state index in [1.807, 2.05) is 48.5 Å². The predicted molar refractivity (Wildman–Crippen MR) is 84.1 cm³/mol. The van der Waals surface area contributed by atoms with Gasteiger partial charge in [-0.05, 0) is 17.7 Å². The molecule has 2 aromatic carbocycles. The van der Waals surface area contributed by atoms with Gasteiger partial charge in [0.25, 0.3) is 0 Å². The zero-order valence-electron chi connectivity index (χ0n) is 11.6. The lowest BCUT2D eigenvalue weighted by molar-refractivity contribution is 0.482. The largest absolute Gasteiger partial charge is 0.457 e. The third kappa shape index (κ3) is 3.09. The number of nitrogens with zero attached hydrogens (tertiary/aromatic N) is 1. The Morgan fingerprint density at radius 1 is 0.905 bits per heavy atom. The molecule has 3 rings (SSSR count). The van der Waals surface area contributed by atoms with E-state index in [1.54, 1.807) is 6.20 Å². The van der Waals surface area contributed by atoms with Crippen LogP contribution in [0.15, 0.2) is 72.9 Å². The van der Waals surface area contributed by atoms with Crippen molar-refractivity contribution < 1.29 is 4.74 Å². The standard InChI is InChI=1S/C18H16N2O/c19-13-15-12-16(10-11-20-15)21-18-9-5-4-8-17(18)14-6-2-1-3-7-14/h1-12H,13,19H2. The van der Waals surface area contributed by atoms with Crippen molar-refractivity contribution in [1.82, 2.24) is 4.98 Å². The quantitative estimate of drug-likeness (QED) is 0.783. The SMILES string of the molecule is NCc1cc(Oc2ccccc2-c2ccccc2)ccn1. The van der Waals surface area contributed by atoms with Crippen molar-refractivity contribution in [2.45, 2.75) is 6.54 Å². The van der Waals surface area contributed by atoms with Crippen molar-refractivity contribution >= 4 is 0 Å². The fourth-order valence-corrected chi connectivity index (χ4v) is 2.17. The highest BCUT2D eigenvalue weighted by atomic mass is 16.5. The monoisotopic (exact) mass is 276 g/mol. The van der Waals surface area contributed by atoms with E-state index in [2.05, 4.69) is 23.2 Å². The average molecular weight is 276 g/mol. The molecule has 0 radical (unpaired) electrons. The van der Waals surface area contributed by atoms with Crippen molar-refractivity contribution in [1.29, 1.82) is 0 Å². The van der Waals surface area contributed by atoms with Gasteiger partial charge < -0.3 is 10.5 Å². The Labute approximate surface area is 124 Å². The summed E-state index contributed by atoms with van der Waals surface area (Å²) in [4.78, 5) is 4.18. The van der Waals surface area contributed by atoms with Crippen LogP contribution in [0.4, 0.5) is 0 Å². The Balaban J connectivity index is 1.96. The molecule has 0 aliphatic rings. The van der Waals surface area contributed by atoms with E-state index < -0.39 is 0 Å². The van der Waals surface area contributed by atoms with Crippen LogP contribution >= 0.6 is 0 Å². The third-order valence-corrected chi connectivity index (χ3v) is 3.20. The summed E-state index contributed by atoms with van der Waals surface area (Å²) < 4.78 is 6.01. The lowest BCUT2D eigenvalue weighted by Gasteiger charge is -2.11. The second-order valence-electron chi connectivity index (χ2n) is 4.65. The minimum Gasteiger partial charge on any atom is -0.457 e. The molecule has 3 heteroatoms. The van der Waals surface area contributed by atoms with Crippen LogP contribution in [0.25, 0.3) is 11.1 Å². The maximum atomic E-state index is 6.01. The van der Waals surface area contributed by atoms with Gasteiger partial charge in [0.2, 0.25) is 0 Å². The maximum absolute atomic E-state index is 6.01. The molecule has 0 amide bonds. The summed E-state index contributed by atoms with van der Waals surface area (Å²) in [5, 5.41) is 0. The minimum atomic E-state index is 0.400. The van der Waals surface area contributed by atoms with Crippen molar-refractivity contribution in [2.24, 2.45) is 5.73 Å². The number of rotatable bonds is 4. The molecule has 3 aromatic rings. The van der Waals surface area contributed by atoms with Crippen LogP contribution in [0, 0.1) is 0 Å². The second kappa shape index (κ2) is 6.20. The molecule has 104 valence electrons. The first kappa shape index (κ1) is 13.3. The van der Waals surface area contributed by atoms with Crippen LogP contribution in [0.3, 0.4) is 0 Å². The van der Waals surface area contributed by atoms with E-state index in [0.717, 1.165) is 28.3 Å². The number of hydrogen-bond acceptors (Lipinski definition) is 3. The summed E-state index contributed by atoms with van der Waals surface area (Å²) in [6.07, 6.45) is 1.71. The number of pyridine rings is 1. The summed E-state index contributed by atoms with van der Waals surface area (Å²) in [7, 11) is 0. The van der Waals surface area contributed by atoms with E-state index >= 15 is 0 Å². The zero-order valence-corrected chi connectivity index (χ0v) is 11.6. The first-order valence-corrected chi connectivity index (χ1v) is 6.84. The van der Waals surface area contributed by atoms with Crippen LogP contribution in [0.2, 0.25) is 0 Å². The van der Waals surface area contributed by atoms with Crippen LogP contribution in [-0.4, -0.2) is 4.98 Å². The summed E-state index contributed by atoms with van der Waals surface area (Å²) in [5.74, 6) is 1.56. The number of ether oxygens (including phenoxy) is 1. The van der Waals surface area contributed by atoms with Crippen molar-refractivity contribution in [3.63, 3.8) is 0 Å². The Morgan fingerprint density at radius 3 is 2.48 bits per heavy atom.